The molecule has 0 spiro atoms. The van der Waals surface area contributed by atoms with E-state index in [1.807, 2.05) is 55.5 Å². The second-order valence-electron chi connectivity index (χ2n) is 7.60. The highest BCUT2D eigenvalue weighted by Crippen LogP contribution is 2.34. The SMILES string of the molecule is Cc1ccc(OCCOc2cccc(/C=C3\SC(=O)N(Cc4ccc(Cl)c(Cl)c4)C3=O)c2)cc1. The molecule has 1 heterocycles. The number of hydrogen-bond donors (Lipinski definition) is 0. The largest absolute Gasteiger partial charge is 0.490 e. The van der Waals surface area contributed by atoms with E-state index in [4.69, 9.17) is 32.7 Å². The standard InChI is InChI=1S/C26H21Cl2NO4S/c1-17-5-8-20(9-6-17)32-11-12-33-21-4-2-3-18(13-21)15-24-25(30)29(26(31)34-24)16-19-7-10-22(27)23(28)14-19/h2-10,13-15H,11-12,16H2,1H3/b24-15-. The van der Waals surface area contributed by atoms with Gasteiger partial charge in [0.1, 0.15) is 24.7 Å². The topological polar surface area (TPSA) is 55.8 Å². The third kappa shape index (κ3) is 6.14. The minimum atomic E-state index is -0.348. The molecule has 1 aliphatic heterocycles. The van der Waals surface area contributed by atoms with E-state index in [-0.39, 0.29) is 17.7 Å². The predicted molar refractivity (Wildman–Crippen MR) is 137 cm³/mol. The van der Waals surface area contributed by atoms with Crippen LogP contribution in [0.3, 0.4) is 0 Å². The van der Waals surface area contributed by atoms with E-state index in [1.165, 1.54) is 10.5 Å². The molecule has 0 atom stereocenters. The zero-order chi connectivity index (χ0) is 24.1. The Kier molecular flexibility index (Phi) is 7.83. The van der Waals surface area contributed by atoms with E-state index in [9.17, 15) is 9.59 Å². The van der Waals surface area contributed by atoms with E-state index in [2.05, 4.69) is 0 Å². The summed E-state index contributed by atoms with van der Waals surface area (Å²) < 4.78 is 11.5. The number of imide groups is 1. The average molecular weight is 514 g/mol. The number of benzene rings is 3. The molecule has 0 aliphatic carbocycles. The van der Waals surface area contributed by atoms with Crippen LogP contribution in [-0.2, 0) is 11.3 Å². The second-order valence-corrected chi connectivity index (χ2v) is 9.41. The van der Waals surface area contributed by atoms with Crippen LogP contribution < -0.4 is 9.47 Å². The molecule has 174 valence electrons. The Hall–Kier alpha value is -2.93. The molecule has 3 aromatic carbocycles. The molecule has 4 rings (SSSR count). The lowest BCUT2D eigenvalue weighted by molar-refractivity contribution is -0.123. The Labute approximate surface area is 212 Å². The van der Waals surface area contributed by atoms with Crippen molar-refractivity contribution in [2.75, 3.05) is 13.2 Å². The van der Waals surface area contributed by atoms with Crippen LogP contribution in [0.1, 0.15) is 16.7 Å². The molecule has 0 radical (unpaired) electrons. The molecule has 2 amide bonds. The molecular formula is C26H21Cl2NO4S. The van der Waals surface area contributed by atoms with Crippen molar-refractivity contribution in [1.29, 1.82) is 0 Å². The summed E-state index contributed by atoms with van der Waals surface area (Å²) in [4.78, 5) is 26.8. The smallest absolute Gasteiger partial charge is 0.293 e. The van der Waals surface area contributed by atoms with E-state index < -0.39 is 0 Å². The van der Waals surface area contributed by atoms with E-state index in [0.717, 1.165) is 28.6 Å². The third-order valence-electron chi connectivity index (χ3n) is 5.00. The van der Waals surface area contributed by atoms with Crippen molar-refractivity contribution in [2.24, 2.45) is 0 Å². The first-order chi connectivity index (χ1) is 16.4. The molecule has 1 aliphatic rings. The van der Waals surface area contributed by atoms with Gasteiger partial charge in [-0.05, 0) is 72.3 Å². The number of carbonyl (C=O) groups excluding carboxylic acids is 2. The van der Waals surface area contributed by atoms with Gasteiger partial charge in [0.15, 0.2) is 0 Å². The van der Waals surface area contributed by atoms with Gasteiger partial charge >= 0.3 is 0 Å². The van der Waals surface area contributed by atoms with E-state index >= 15 is 0 Å². The molecule has 0 N–H and O–H groups in total. The van der Waals surface area contributed by atoms with Gasteiger partial charge in [0, 0.05) is 0 Å². The van der Waals surface area contributed by atoms with Gasteiger partial charge in [-0.3, -0.25) is 14.5 Å². The molecule has 5 nitrogen and oxygen atoms in total. The van der Waals surface area contributed by atoms with Crippen LogP contribution >= 0.6 is 35.0 Å². The number of rotatable bonds is 8. The molecular weight excluding hydrogens is 493 g/mol. The van der Waals surface area contributed by atoms with E-state index in [0.29, 0.717) is 33.9 Å². The number of nitrogens with zero attached hydrogens (tertiary/aromatic N) is 1. The molecule has 0 unspecified atom stereocenters. The monoisotopic (exact) mass is 513 g/mol. The van der Waals surface area contributed by atoms with Crippen molar-refractivity contribution in [2.45, 2.75) is 13.5 Å². The van der Waals surface area contributed by atoms with Crippen molar-refractivity contribution in [3.63, 3.8) is 0 Å². The summed E-state index contributed by atoms with van der Waals surface area (Å²) in [5.74, 6) is 1.09. The van der Waals surface area contributed by atoms with Crippen molar-refractivity contribution in [1.82, 2.24) is 4.90 Å². The van der Waals surface area contributed by atoms with Gasteiger partial charge in [0.05, 0.1) is 21.5 Å². The number of aryl methyl sites for hydroxylation is 1. The lowest BCUT2D eigenvalue weighted by Crippen LogP contribution is -2.27. The van der Waals surface area contributed by atoms with Gasteiger partial charge in [-0.1, -0.05) is 59.1 Å². The van der Waals surface area contributed by atoms with Gasteiger partial charge in [-0.15, -0.1) is 0 Å². The van der Waals surface area contributed by atoms with Crippen LogP contribution in [0.5, 0.6) is 11.5 Å². The first-order valence-corrected chi connectivity index (χ1v) is 12.1. The Morgan fingerprint density at radius 2 is 1.62 bits per heavy atom. The fourth-order valence-electron chi connectivity index (χ4n) is 3.26. The Balaban J connectivity index is 1.36. The maximum absolute atomic E-state index is 12.8. The Bertz CT molecular complexity index is 1240. The number of carbonyl (C=O) groups is 2. The highest BCUT2D eigenvalue weighted by molar-refractivity contribution is 8.18. The molecule has 8 heteroatoms. The lowest BCUT2D eigenvalue weighted by atomic mass is 10.2. The van der Waals surface area contributed by atoms with E-state index in [1.54, 1.807) is 24.3 Å². The van der Waals surface area contributed by atoms with Crippen molar-refractivity contribution >= 4 is 52.2 Å². The zero-order valence-electron chi connectivity index (χ0n) is 18.3. The molecule has 3 aromatic rings. The van der Waals surface area contributed by atoms with Crippen molar-refractivity contribution in [3.05, 3.63) is 98.4 Å². The second kappa shape index (κ2) is 11.0. The average Bonchev–Trinajstić information content (AvgIpc) is 3.08. The van der Waals surface area contributed by atoms with Crippen molar-refractivity contribution < 1.29 is 19.1 Å². The minimum absolute atomic E-state index is 0.128. The van der Waals surface area contributed by atoms with Crippen LogP contribution in [0, 0.1) is 6.92 Å². The minimum Gasteiger partial charge on any atom is -0.490 e. The summed E-state index contributed by atoms with van der Waals surface area (Å²) in [6, 6.07) is 20.2. The first kappa shape index (κ1) is 24.2. The van der Waals surface area contributed by atoms with Gasteiger partial charge in [-0.25, -0.2) is 0 Å². The zero-order valence-corrected chi connectivity index (χ0v) is 20.6. The number of ether oxygens (including phenoxy) is 2. The fourth-order valence-corrected chi connectivity index (χ4v) is 4.41. The van der Waals surface area contributed by atoms with Crippen LogP contribution in [0.2, 0.25) is 10.0 Å². The molecule has 0 bridgehead atoms. The number of hydrogen-bond acceptors (Lipinski definition) is 5. The molecule has 1 fully saturated rings. The lowest BCUT2D eigenvalue weighted by Gasteiger charge is -2.13. The maximum atomic E-state index is 12.8. The van der Waals surface area contributed by atoms with Gasteiger partial charge in [0.2, 0.25) is 0 Å². The molecule has 34 heavy (non-hydrogen) atoms. The maximum Gasteiger partial charge on any atom is 0.293 e. The van der Waals surface area contributed by atoms with Gasteiger partial charge < -0.3 is 9.47 Å². The van der Waals surface area contributed by atoms with Crippen LogP contribution in [0.15, 0.2) is 71.6 Å². The summed E-state index contributed by atoms with van der Waals surface area (Å²) >= 11 is 12.9. The summed E-state index contributed by atoms with van der Waals surface area (Å²) in [5.41, 5.74) is 2.66. The number of halogens is 2. The van der Waals surface area contributed by atoms with Crippen LogP contribution in [-0.4, -0.2) is 29.3 Å². The van der Waals surface area contributed by atoms with Crippen LogP contribution in [0.4, 0.5) is 4.79 Å². The Morgan fingerprint density at radius 3 is 2.35 bits per heavy atom. The summed E-state index contributed by atoms with van der Waals surface area (Å²) in [6.45, 7) is 2.93. The fraction of sp³-hybridized carbons (Fsp3) is 0.154. The normalized spacial score (nSPS) is 14.7. The third-order valence-corrected chi connectivity index (χ3v) is 6.64. The van der Waals surface area contributed by atoms with Crippen molar-refractivity contribution in [3.8, 4) is 11.5 Å². The summed E-state index contributed by atoms with van der Waals surface area (Å²) in [5, 5.41) is 0.467. The molecule has 0 saturated carbocycles. The first-order valence-electron chi connectivity index (χ1n) is 10.5. The number of thioether (sulfide) groups is 1. The molecule has 0 aromatic heterocycles. The molecule has 1 saturated heterocycles. The highest BCUT2D eigenvalue weighted by Gasteiger charge is 2.35. The highest BCUT2D eigenvalue weighted by atomic mass is 35.5. The quantitative estimate of drug-likeness (QED) is 0.239. The van der Waals surface area contributed by atoms with Gasteiger partial charge in [-0.2, -0.15) is 0 Å². The Morgan fingerprint density at radius 1 is 0.882 bits per heavy atom. The van der Waals surface area contributed by atoms with Gasteiger partial charge in [0.25, 0.3) is 11.1 Å². The summed E-state index contributed by atoms with van der Waals surface area (Å²) in [6.07, 6.45) is 1.69. The summed E-state index contributed by atoms with van der Waals surface area (Å²) in [7, 11) is 0. The van der Waals surface area contributed by atoms with Crippen LogP contribution in [0.25, 0.3) is 6.08 Å². The predicted octanol–water partition coefficient (Wildman–Crippen LogP) is 7.00. The number of amides is 2.